The van der Waals surface area contributed by atoms with Crippen LogP contribution in [0, 0.1) is 26.7 Å². The van der Waals surface area contributed by atoms with Crippen molar-refractivity contribution in [3.63, 3.8) is 0 Å². The van der Waals surface area contributed by atoms with Crippen LogP contribution in [-0.4, -0.2) is 50.1 Å². The number of aryl methyl sites for hydroxylation is 3. The zero-order valence-electron chi connectivity index (χ0n) is 17.3. The van der Waals surface area contributed by atoms with Crippen LogP contribution in [0.4, 0.5) is 0 Å². The van der Waals surface area contributed by atoms with Crippen molar-refractivity contribution < 1.29 is 9.53 Å². The third-order valence-corrected chi connectivity index (χ3v) is 5.12. The predicted molar refractivity (Wildman–Crippen MR) is 122 cm³/mol. The molecule has 2 rings (SSSR count). The number of guanidine groups is 1. The number of carbonyl (C=O) groups is 1. The molecule has 1 aliphatic rings. The summed E-state index contributed by atoms with van der Waals surface area (Å²) in [5, 5.41) is 3.49. The minimum atomic E-state index is -0.0552. The van der Waals surface area contributed by atoms with E-state index < -0.39 is 0 Å². The first kappa shape index (κ1) is 23.7. The van der Waals surface area contributed by atoms with Crippen molar-refractivity contribution in [3.05, 3.63) is 34.4 Å². The van der Waals surface area contributed by atoms with E-state index in [4.69, 9.17) is 4.74 Å². The first-order valence-electron chi connectivity index (χ1n) is 9.65. The maximum Gasteiger partial charge on any atom is 0.309 e. The van der Waals surface area contributed by atoms with Crippen LogP contribution in [0.3, 0.4) is 0 Å². The number of piperidine rings is 1. The SMILES string of the molecule is CCOC(=O)C1CCN(C(=NC)NCCc2c(C)cc(C)cc2C)CC1.I. The molecule has 0 atom stereocenters. The fraction of sp³-hybridized carbons (Fsp3) is 0.619. The van der Waals surface area contributed by atoms with Crippen molar-refractivity contribution >= 4 is 35.9 Å². The Morgan fingerprint density at radius 1 is 1.22 bits per heavy atom. The van der Waals surface area contributed by atoms with Gasteiger partial charge in [-0.2, -0.15) is 0 Å². The van der Waals surface area contributed by atoms with E-state index in [1.54, 1.807) is 0 Å². The number of ether oxygens (including phenoxy) is 1. The number of nitrogens with one attached hydrogen (secondary N) is 1. The molecule has 1 N–H and O–H groups in total. The van der Waals surface area contributed by atoms with Gasteiger partial charge in [0, 0.05) is 26.7 Å². The predicted octanol–water partition coefficient (Wildman–Crippen LogP) is 3.62. The maximum atomic E-state index is 11.9. The zero-order chi connectivity index (χ0) is 19.1. The molecule has 1 aromatic carbocycles. The summed E-state index contributed by atoms with van der Waals surface area (Å²) in [6, 6.07) is 4.49. The van der Waals surface area contributed by atoms with Gasteiger partial charge in [0.2, 0.25) is 0 Å². The van der Waals surface area contributed by atoms with Gasteiger partial charge in [-0.1, -0.05) is 17.7 Å². The van der Waals surface area contributed by atoms with E-state index in [1.165, 1.54) is 22.3 Å². The molecule has 0 saturated carbocycles. The Labute approximate surface area is 181 Å². The number of hydrogen-bond donors (Lipinski definition) is 1. The van der Waals surface area contributed by atoms with Crippen molar-refractivity contribution in [2.24, 2.45) is 10.9 Å². The molecule has 0 aliphatic carbocycles. The van der Waals surface area contributed by atoms with Gasteiger partial charge in [-0.05, 0) is 63.6 Å². The Kier molecular flexibility index (Phi) is 10.1. The lowest BCUT2D eigenvalue weighted by molar-refractivity contribution is -0.149. The molecule has 6 heteroatoms. The lowest BCUT2D eigenvalue weighted by atomic mass is 9.97. The van der Waals surface area contributed by atoms with Crippen LogP contribution in [-0.2, 0) is 16.0 Å². The van der Waals surface area contributed by atoms with E-state index in [-0.39, 0.29) is 35.9 Å². The first-order valence-corrected chi connectivity index (χ1v) is 9.65. The third-order valence-electron chi connectivity index (χ3n) is 5.12. The van der Waals surface area contributed by atoms with Crippen LogP contribution in [0.1, 0.15) is 42.0 Å². The molecule has 0 aromatic heterocycles. The summed E-state index contributed by atoms with van der Waals surface area (Å²) in [4.78, 5) is 18.5. The van der Waals surface area contributed by atoms with E-state index in [0.717, 1.165) is 44.9 Å². The Hall–Kier alpha value is -1.31. The average molecular weight is 487 g/mol. The minimum absolute atomic E-state index is 0. The van der Waals surface area contributed by atoms with Crippen molar-refractivity contribution in [2.75, 3.05) is 33.3 Å². The molecular weight excluding hydrogens is 453 g/mol. The lowest BCUT2D eigenvalue weighted by Gasteiger charge is -2.33. The zero-order valence-corrected chi connectivity index (χ0v) is 19.6. The van der Waals surface area contributed by atoms with Gasteiger partial charge in [0.15, 0.2) is 5.96 Å². The summed E-state index contributed by atoms with van der Waals surface area (Å²) < 4.78 is 5.14. The number of benzene rings is 1. The normalized spacial score (nSPS) is 15.3. The second-order valence-corrected chi connectivity index (χ2v) is 7.11. The summed E-state index contributed by atoms with van der Waals surface area (Å²) >= 11 is 0. The molecule has 1 fully saturated rings. The molecule has 27 heavy (non-hydrogen) atoms. The number of esters is 1. The number of carbonyl (C=O) groups excluding carboxylic acids is 1. The summed E-state index contributed by atoms with van der Waals surface area (Å²) in [5.41, 5.74) is 5.45. The highest BCUT2D eigenvalue weighted by Crippen LogP contribution is 2.19. The molecule has 0 bridgehead atoms. The van der Waals surface area contributed by atoms with E-state index >= 15 is 0 Å². The van der Waals surface area contributed by atoms with Gasteiger partial charge in [-0.3, -0.25) is 9.79 Å². The topological polar surface area (TPSA) is 53.9 Å². The second-order valence-electron chi connectivity index (χ2n) is 7.11. The van der Waals surface area contributed by atoms with E-state index in [1.807, 2.05) is 14.0 Å². The lowest BCUT2D eigenvalue weighted by Crippen LogP contribution is -2.47. The minimum Gasteiger partial charge on any atom is -0.466 e. The monoisotopic (exact) mass is 487 g/mol. The molecule has 1 saturated heterocycles. The molecule has 1 aliphatic heterocycles. The fourth-order valence-corrected chi connectivity index (χ4v) is 3.82. The number of aliphatic imine (C=N–C) groups is 1. The van der Waals surface area contributed by atoms with Gasteiger partial charge in [-0.15, -0.1) is 24.0 Å². The average Bonchev–Trinajstić information content (AvgIpc) is 2.61. The van der Waals surface area contributed by atoms with Gasteiger partial charge in [-0.25, -0.2) is 0 Å². The number of halogens is 1. The Morgan fingerprint density at radius 3 is 2.33 bits per heavy atom. The third kappa shape index (κ3) is 6.66. The number of hydrogen-bond acceptors (Lipinski definition) is 3. The van der Waals surface area contributed by atoms with Crippen LogP contribution in [0.2, 0.25) is 0 Å². The van der Waals surface area contributed by atoms with E-state index in [2.05, 4.69) is 48.1 Å². The van der Waals surface area contributed by atoms with Crippen LogP contribution in [0.15, 0.2) is 17.1 Å². The van der Waals surface area contributed by atoms with Gasteiger partial charge in [0.25, 0.3) is 0 Å². The van der Waals surface area contributed by atoms with Crippen LogP contribution in [0.5, 0.6) is 0 Å². The molecule has 0 spiro atoms. The Bertz CT molecular complexity index is 630. The highest BCUT2D eigenvalue weighted by molar-refractivity contribution is 14.0. The molecule has 0 amide bonds. The van der Waals surface area contributed by atoms with E-state index in [0.29, 0.717) is 6.61 Å². The maximum absolute atomic E-state index is 11.9. The van der Waals surface area contributed by atoms with Crippen LogP contribution < -0.4 is 5.32 Å². The number of nitrogens with zero attached hydrogens (tertiary/aromatic N) is 2. The molecular formula is C21H34IN3O2. The van der Waals surface area contributed by atoms with Gasteiger partial charge < -0.3 is 15.0 Å². The highest BCUT2D eigenvalue weighted by Gasteiger charge is 2.27. The molecule has 0 radical (unpaired) electrons. The number of likely N-dealkylation sites (tertiary alicyclic amines) is 1. The smallest absolute Gasteiger partial charge is 0.309 e. The molecule has 1 heterocycles. The fourth-order valence-electron chi connectivity index (χ4n) is 3.82. The quantitative estimate of drug-likeness (QED) is 0.299. The van der Waals surface area contributed by atoms with Gasteiger partial charge in [0.05, 0.1) is 12.5 Å². The standard InChI is InChI=1S/C21H33N3O2.HI/c1-6-26-20(25)18-8-11-24(12-9-18)21(22-5)23-10-7-19-16(3)13-15(2)14-17(19)4;/h13-14,18H,6-12H2,1-5H3,(H,22,23);1H. The van der Waals surface area contributed by atoms with Crippen LogP contribution >= 0.6 is 24.0 Å². The molecule has 5 nitrogen and oxygen atoms in total. The summed E-state index contributed by atoms with van der Waals surface area (Å²) in [7, 11) is 1.82. The van der Waals surface area contributed by atoms with Crippen molar-refractivity contribution in [3.8, 4) is 0 Å². The summed E-state index contributed by atoms with van der Waals surface area (Å²) in [5.74, 6) is 0.900. The largest absolute Gasteiger partial charge is 0.466 e. The molecule has 1 aromatic rings. The Morgan fingerprint density at radius 2 is 1.81 bits per heavy atom. The second kappa shape index (κ2) is 11.5. The van der Waals surface area contributed by atoms with Gasteiger partial charge in [0.1, 0.15) is 0 Å². The highest BCUT2D eigenvalue weighted by atomic mass is 127. The van der Waals surface area contributed by atoms with Crippen LogP contribution in [0.25, 0.3) is 0 Å². The Balaban J connectivity index is 0.00000364. The first-order chi connectivity index (χ1) is 12.5. The van der Waals surface area contributed by atoms with Gasteiger partial charge >= 0.3 is 5.97 Å². The molecule has 152 valence electrons. The number of rotatable bonds is 5. The molecule has 0 unspecified atom stereocenters. The summed E-state index contributed by atoms with van der Waals surface area (Å²) in [6.45, 7) is 11.4. The van der Waals surface area contributed by atoms with E-state index in [9.17, 15) is 4.79 Å². The van der Waals surface area contributed by atoms with Crippen molar-refractivity contribution in [2.45, 2.75) is 47.0 Å². The summed E-state index contributed by atoms with van der Waals surface area (Å²) in [6.07, 6.45) is 2.64. The van der Waals surface area contributed by atoms with Crippen molar-refractivity contribution in [1.82, 2.24) is 10.2 Å². The van der Waals surface area contributed by atoms with Crippen molar-refractivity contribution in [1.29, 1.82) is 0 Å².